The minimum atomic E-state index is -0.371. The van der Waals surface area contributed by atoms with Gasteiger partial charge in [-0.2, -0.15) is 0 Å². The summed E-state index contributed by atoms with van der Waals surface area (Å²) in [6.07, 6.45) is 0.551. The Morgan fingerprint density at radius 3 is 2.65 bits per heavy atom. The molecule has 0 aliphatic carbocycles. The molecular weight excluding hydrogens is 323 g/mol. The molecule has 1 unspecified atom stereocenters. The average molecular weight is 339 g/mol. The molecule has 0 saturated carbocycles. The second kappa shape index (κ2) is 6.83. The van der Waals surface area contributed by atoms with Crippen LogP contribution in [-0.2, 0) is 6.42 Å². The number of hydrogen-bond acceptors (Lipinski definition) is 3. The largest absolute Gasteiger partial charge is 0.496 e. The van der Waals surface area contributed by atoms with Crippen molar-refractivity contribution in [1.29, 1.82) is 0 Å². The lowest BCUT2D eigenvalue weighted by molar-refractivity contribution is 0.390. The highest BCUT2D eigenvalue weighted by Crippen LogP contribution is 2.31. The van der Waals surface area contributed by atoms with Gasteiger partial charge in [0.15, 0.2) is 0 Å². The van der Waals surface area contributed by atoms with E-state index >= 15 is 0 Å². The Morgan fingerprint density at radius 1 is 1.25 bits per heavy atom. The van der Waals surface area contributed by atoms with Crippen molar-refractivity contribution in [2.24, 2.45) is 5.84 Å². The van der Waals surface area contributed by atoms with Gasteiger partial charge in [-0.25, -0.2) is 4.39 Å². The Kier molecular flexibility index (Phi) is 5.11. The van der Waals surface area contributed by atoms with Crippen molar-refractivity contribution in [3.63, 3.8) is 0 Å². The van der Waals surface area contributed by atoms with E-state index in [1.54, 1.807) is 12.1 Å². The molecule has 0 bridgehead atoms. The fraction of sp³-hybridized carbons (Fsp3) is 0.200. The van der Waals surface area contributed by atoms with Gasteiger partial charge in [0.05, 0.1) is 13.2 Å². The molecule has 0 aliphatic rings. The van der Waals surface area contributed by atoms with Gasteiger partial charge in [-0.3, -0.25) is 11.3 Å². The van der Waals surface area contributed by atoms with Gasteiger partial charge in [0, 0.05) is 10.0 Å². The number of nitrogens with two attached hydrogens (primary N) is 1. The molecule has 106 valence electrons. The zero-order chi connectivity index (χ0) is 14.5. The Hall–Kier alpha value is -1.43. The van der Waals surface area contributed by atoms with Crippen LogP contribution in [0.25, 0.3) is 0 Å². The minimum Gasteiger partial charge on any atom is -0.496 e. The predicted molar refractivity (Wildman–Crippen MR) is 80.9 cm³/mol. The van der Waals surface area contributed by atoms with Gasteiger partial charge in [0.25, 0.3) is 0 Å². The van der Waals surface area contributed by atoms with E-state index in [1.165, 1.54) is 13.2 Å². The van der Waals surface area contributed by atoms with E-state index in [1.807, 2.05) is 24.3 Å². The fourth-order valence-corrected chi connectivity index (χ4v) is 2.61. The maximum absolute atomic E-state index is 14.1. The lowest BCUT2D eigenvalue weighted by Crippen LogP contribution is -2.30. The molecule has 2 rings (SSSR count). The molecule has 1 atom stereocenters. The van der Waals surface area contributed by atoms with Crippen molar-refractivity contribution in [2.75, 3.05) is 7.11 Å². The van der Waals surface area contributed by atoms with Gasteiger partial charge in [-0.15, -0.1) is 0 Å². The number of rotatable bonds is 5. The van der Waals surface area contributed by atoms with Crippen LogP contribution < -0.4 is 16.0 Å². The smallest absolute Gasteiger partial charge is 0.131 e. The van der Waals surface area contributed by atoms with E-state index in [0.29, 0.717) is 17.7 Å². The van der Waals surface area contributed by atoms with E-state index in [9.17, 15) is 4.39 Å². The SMILES string of the molecule is COc1cccc(F)c1C(Cc1ccccc1Br)NN. The maximum atomic E-state index is 14.1. The normalized spacial score (nSPS) is 12.2. The van der Waals surface area contributed by atoms with Gasteiger partial charge in [-0.1, -0.05) is 40.2 Å². The summed E-state index contributed by atoms with van der Waals surface area (Å²) in [7, 11) is 1.52. The highest BCUT2D eigenvalue weighted by molar-refractivity contribution is 9.10. The Balaban J connectivity index is 2.36. The molecule has 0 fully saturated rings. The first kappa shape index (κ1) is 15.0. The number of hydrogen-bond donors (Lipinski definition) is 2. The van der Waals surface area contributed by atoms with E-state index in [2.05, 4.69) is 21.4 Å². The summed E-state index contributed by atoms with van der Waals surface area (Å²) >= 11 is 3.49. The third-order valence-corrected chi connectivity index (χ3v) is 3.94. The lowest BCUT2D eigenvalue weighted by atomic mass is 9.98. The third-order valence-electron chi connectivity index (χ3n) is 3.16. The number of methoxy groups -OCH3 is 1. The van der Waals surface area contributed by atoms with Gasteiger partial charge in [0.2, 0.25) is 0 Å². The van der Waals surface area contributed by atoms with Crippen LogP contribution in [0.4, 0.5) is 4.39 Å². The molecule has 20 heavy (non-hydrogen) atoms. The monoisotopic (exact) mass is 338 g/mol. The summed E-state index contributed by atoms with van der Waals surface area (Å²) in [6, 6.07) is 12.2. The second-order valence-electron chi connectivity index (χ2n) is 4.37. The van der Waals surface area contributed by atoms with Crippen molar-refractivity contribution < 1.29 is 9.13 Å². The third kappa shape index (κ3) is 3.17. The van der Waals surface area contributed by atoms with Gasteiger partial charge < -0.3 is 4.74 Å². The molecule has 0 spiro atoms. The number of ether oxygens (including phenoxy) is 1. The van der Waals surface area contributed by atoms with Crippen LogP contribution in [0.2, 0.25) is 0 Å². The first-order valence-electron chi connectivity index (χ1n) is 6.19. The lowest BCUT2D eigenvalue weighted by Gasteiger charge is -2.20. The summed E-state index contributed by atoms with van der Waals surface area (Å²) in [5.41, 5.74) is 4.15. The number of benzene rings is 2. The van der Waals surface area contributed by atoms with Crippen molar-refractivity contribution in [1.82, 2.24) is 5.43 Å². The molecule has 3 N–H and O–H groups in total. The van der Waals surface area contributed by atoms with E-state index in [0.717, 1.165) is 10.0 Å². The number of halogens is 2. The van der Waals surface area contributed by atoms with Crippen LogP contribution in [-0.4, -0.2) is 7.11 Å². The van der Waals surface area contributed by atoms with Gasteiger partial charge >= 0.3 is 0 Å². The molecule has 2 aromatic rings. The molecule has 5 heteroatoms. The van der Waals surface area contributed by atoms with Crippen LogP contribution in [0.15, 0.2) is 46.9 Å². The fourth-order valence-electron chi connectivity index (χ4n) is 2.16. The molecule has 0 aliphatic heterocycles. The minimum absolute atomic E-state index is 0.334. The zero-order valence-corrected chi connectivity index (χ0v) is 12.7. The first-order chi connectivity index (χ1) is 9.67. The second-order valence-corrected chi connectivity index (χ2v) is 5.22. The molecule has 0 amide bonds. The topological polar surface area (TPSA) is 47.3 Å². The van der Waals surface area contributed by atoms with Crippen molar-refractivity contribution in [3.8, 4) is 5.75 Å². The Morgan fingerprint density at radius 2 is 2.00 bits per heavy atom. The van der Waals surface area contributed by atoms with Crippen LogP contribution >= 0.6 is 15.9 Å². The van der Waals surface area contributed by atoms with Crippen molar-refractivity contribution >= 4 is 15.9 Å². The Bertz CT molecular complexity index is 592. The molecule has 3 nitrogen and oxygen atoms in total. The molecule has 2 aromatic carbocycles. The molecule has 0 radical (unpaired) electrons. The van der Waals surface area contributed by atoms with E-state index in [4.69, 9.17) is 10.6 Å². The summed E-state index contributed by atoms with van der Waals surface area (Å²) in [5, 5.41) is 0. The summed E-state index contributed by atoms with van der Waals surface area (Å²) in [4.78, 5) is 0. The van der Waals surface area contributed by atoms with E-state index in [-0.39, 0.29) is 11.9 Å². The Labute approximate surface area is 126 Å². The zero-order valence-electron chi connectivity index (χ0n) is 11.1. The molecular formula is C15H16BrFN2O. The standard InChI is InChI=1S/C15H16BrFN2O/c1-20-14-8-4-7-12(17)15(14)13(19-18)9-10-5-2-3-6-11(10)16/h2-8,13,19H,9,18H2,1H3. The van der Waals surface area contributed by atoms with E-state index < -0.39 is 0 Å². The summed E-state index contributed by atoms with van der Waals surface area (Å²) < 4.78 is 20.3. The highest BCUT2D eigenvalue weighted by Gasteiger charge is 2.20. The van der Waals surface area contributed by atoms with Crippen LogP contribution in [0.5, 0.6) is 5.75 Å². The van der Waals surface area contributed by atoms with Gasteiger partial charge in [0.1, 0.15) is 11.6 Å². The molecule has 0 aromatic heterocycles. The quantitative estimate of drug-likeness (QED) is 0.649. The van der Waals surface area contributed by atoms with Crippen molar-refractivity contribution in [3.05, 3.63) is 63.9 Å². The molecule has 0 saturated heterocycles. The number of nitrogens with one attached hydrogen (secondary N) is 1. The summed E-state index contributed by atoms with van der Waals surface area (Å²) in [6.45, 7) is 0. The summed E-state index contributed by atoms with van der Waals surface area (Å²) in [5.74, 6) is 5.76. The van der Waals surface area contributed by atoms with Crippen LogP contribution in [0.1, 0.15) is 17.2 Å². The number of hydrazine groups is 1. The predicted octanol–water partition coefficient (Wildman–Crippen LogP) is 3.34. The maximum Gasteiger partial charge on any atom is 0.131 e. The highest BCUT2D eigenvalue weighted by atomic mass is 79.9. The van der Waals surface area contributed by atoms with Crippen LogP contribution in [0, 0.1) is 5.82 Å². The van der Waals surface area contributed by atoms with Gasteiger partial charge in [-0.05, 0) is 30.2 Å². The van der Waals surface area contributed by atoms with Crippen LogP contribution in [0.3, 0.4) is 0 Å². The average Bonchev–Trinajstić information content (AvgIpc) is 2.47. The molecule has 0 heterocycles. The van der Waals surface area contributed by atoms with Crippen molar-refractivity contribution in [2.45, 2.75) is 12.5 Å². The first-order valence-corrected chi connectivity index (χ1v) is 6.98.